The molecule has 0 bridgehead atoms. The Morgan fingerprint density at radius 2 is 2.06 bits per heavy atom. The van der Waals surface area contributed by atoms with Gasteiger partial charge >= 0.3 is 0 Å². The van der Waals surface area contributed by atoms with E-state index in [1.807, 2.05) is 12.4 Å². The van der Waals surface area contributed by atoms with E-state index in [4.69, 9.17) is 5.73 Å². The Morgan fingerprint density at radius 3 is 2.71 bits per heavy atom. The first-order valence-electron chi connectivity index (χ1n) is 6.16. The third-order valence-electron chi connectivity index (χ3n) is 3.32. The van der Waals surface area contributed by atoms with Gasteiger partial charge < -0.3 is 10.6 Å². The fraction of sp³-hybridized carbons (Fsp3) is 0.615. The molecule has 0 amide bonds. The van der Waals surface area contributed by atoms with Crippen molar-refractivity contribution >= 4 is 0 Å². The maximum absolute atomic E-state index is 6.19. The summed E-state index contributed by atoms with van der Waals surface area (Å²) in [6.45, 7) is 4.16. The van der Waals surface area contributed by atoms with Gasteiger partial charge in [-0.3, -0.25) is 9.88 Å². The lowest BCUT2D eigenvalue weighted by Gasteiger charge is -2.19. The van der Waals surface area contributed by atoms with Crippen LogP contribution in [-0.2, 0) is 6.54 Å². The highest BCUT2D eigenvalue weighted by Gasteiger charge is 2.29. The van der Waals surface area contributed by atoms with Gasteiger partial charge in [0, 0.05) is 50.5 Å². The second-order valence-corrected chi connectivity index (χ2v) is 5.24. The maximum atomic E-state index is 6.19. The summed E-state index contributed by atoms with van der Waals surface area (Å²) >= 11 is 0. The molecule has 2 N–H and O–H groups in total. The third-order valence-corrected chi connectivity index (χ3v) is 3.32. The molecule has 17 heavy (non-hydrogen) atoms. The van der Waals surface area contributed by atoms with E-state index in [0.29, 0.717) is 12.0 Å². The number of rotatable bonds is 4. The van der Waals surface area contributed by atoms with Gasteiger partial charge in [0.2, 0.25) is 0 Å². The molecule has 0 aromatic carbocycles. The fourth-order valence-electron chi connectivity index (χ4n) is 2.53. The molecule has 1 aliphatic heterocycles. The molecule has 2 unspecified atom stereocenters. The van der Waals surface area contributed by atoms with Crippen molar-refractivity contribution in [3.05, 3.63) is 30.1 Å². The molecule has 1 fully saturated rings. The van der Waals surface area contributed by atoms with E-state index in [9.17, 15) is 0 Å². The zero-order valence-corrected chi connectivity index (χ0v) is 10.7. The first kappa shape index (κ1) is 12.5. The lowest BCUT2D eigenvalue weighted by molar-refractivity contribution is 0.284. The summed E-state index contributed by atoms with van der Waals surface area (Å²) in [5.41, 5.74) is 7.51. The summed E-state index contributed by atoms with van der Waals surface area (Å²) in [6.07, 6.45) is 3.70. The summed E-state index contributed by atoms with van der Waals surface area (Å²) in [6, 6.07) is 4.45. The van der Waals surface area contributed by atoms with E-state index in [-0.39, 0.29) is 0 Å². The molecule has 94 valence electrons. The maximum Gasteiger partial charge on any atom is 0.0271 e. The second-order valence-electron chi connectivity index (χ2n) is 5.24. The predicted octanol–water partition coefficient (Wildman–Crippen LogP) is 0.402. The van der Waals surface area contributed by atoms with Gasteiger partial charge in [-0.2, -0.15) is 0 Å². The molecule has 1 aromatic rings. The number of nitrogens with zero attached hydrogens (tertiary/aromatic N) is 3. The lowest BCUT2D eigenvalue weighted by Crippen LogP contribution is -2.35. The van der Waals surface area contributed by atoms with Gasteiger partial charge in [0.25, 0.3) is 0 Å². The Morgan fingerprint density at radius 1 is 1.35 bits per heavy atom. The monoisotopic (exact) mass is 234 g/mol. The van der Waals surface area contributed by atoms with Crippen LogP contribution in [0, 0.1) is 5.92 Å². The Labute approximate surface area is 103 Å². The summed E-state index contributed by atoms with van der Waals surface area (Å²) in [4.78, 5) is 8.70. The molecule has 0 saturated carbocycles. The van der Waals surface area contributed by atoms with E-state index in [0.717, 1.165) is 26.2 Å². The molecule has 0 radical (unpaired) electrons. The minimum Gasteiger partial charge on any atom is -0.326 e. The van der Waals surface area contributed by atoms with Crippen molar-refractivity contribution in [3.63, 3.8) is 0 Å². The first-order chi connectivity index (χ1) is 8.15. The molecule has 2 heterocycles. The van der Waals surface area contributed by atoms with Crippen LogP contribution in [0.5, 0.6) is 0 Å². The van der Waals surface area contributed by atoms with Crippen LogP contribution in [0.1, 0.15) is 5.56 Å². The first-order valence-corrected chi connectivity index (χ1v) is 6.16. The van der Waals surface area contributed by atoms with Gasteiger partial charge in [-0.05, 0) is 31.8 Å². The van der Waals surface area contributed by atoms with Crippen molar-refractivity contribution in [2.75, 3.05) is 33.7 Å². The summed E-state index contributed by atoms with van der Waals surface area (Å²) in [7, 11) is 4.22. The molecule has 1 aromatic heterocycles. The van der Waals surface area contributed by atoms with Gasteiger partial charge in [-0.1, -0.05) is 0 Å². The lowest BCUT2D eigenvalue weighted by atomic mass is 10.0. The van der Waals surface area contributed by atoms with E-state index >= 15 is 0 Å². The van der Waals surface area contributed by atoms with Gasteiger partial charge in [0.15, 0.2) is 0 Å². The van der Waals surface area contributed by atoms with E-state index in [1.54, 1.807) is 0 Å². The topological polar surface area (TPSA) is 45.4 Å². The zero-order valence-electron chi connectivity index (χ0n) is 10.7. The van der Waals surface area contributed by atoms with Crippen LogP contribution in [0.4, 0.5) is 0 Å². The van der Waals surface area contributed by atoms with Crippen LogP contribution in [0.15, 0.2) is 24.5 Å². The van der Waals surface area contributed by atoms with Gasteiger partial charge in [-0.25, -0.2) is 0 Å². The zero-order chi connectivity index (χ0) is 12.3. The second kappa shape index (κ2) is 5.58. The Kier molecular flexibility index (Phi) is 4.10. The standard InChI is InChI=1S/C13H22N4/c1-16(2)8-12-9-17(10-13(12)14)7-11-3-5-15-6-4-11/h3-6,12-13H,7-10,14H2,1-2H3. The van der Waals surface area contributed by atoms with Crippen molar-refractivity contribution in [3.8, 4) is 0 Å². The van der Waals surface area contributed by atoms with E-state index in [1.165, 1.54) is 5.56 Å². The largest absolute Gasteiger partial charge is 0.326 e. The minimum absolute atomic E-state index is 0.305. The molecule has 4 nitrogen and oxygen atoms in total. The van der Waals surface area contributed by atoms with Crippen LogP contribution in [0.2, 0.25) is 0 Å². The average Bonchev–Trinajstić information content (AvgIpc) is 2.59. The summed E-state index contributed by atoms with van der Waals surface area (Å²) in [5, 5.41) is 0. The fourth-order valence-corrected chi connectivity index (χ4v) is 2.53. The van der Waals surface area contributed by atoms with E-state index in [2.05, 4.69) is 41.0 Å². The number of aromatic nitrogens is 1. The number of nitrogens with two attached hydrogens (primary N) is 1. The summed E-state index contributed by atoms with van der Waals surface area (Å²) < 4.78 is 0. The molecular weight excluding hydrogens is 212 g/mol. The Bertz CT molecular complexity index is 339. The van der Waals surface area contributed by atoms with E-state index < -0.39 is 0 Å². The highest BCUT2D eigenvalue weighted by molar-refractivity contribution is 5.10. The molecule has 0 spiro atoms. The molecule has 2 rings (SSSR count). The molecule has 0 aliphatic carbocycles. The molecular formula is C13H22N4. The Hall–Kier alpha value is -0.970. The number of pyridine rings is 1. The predicted molar refractivity (Wildman–Crippen MR) is 69.5 cm³/mol. The third kappa shape index (κ3) is 3.49. The van der Waals surface area contributed by atoms with Crippen molar-refractivity contribution in [2.45, 2.75) is 12.6 Å². The van der Waals surface area contributed by atoms with Crippen LogP contribution in [0.3, 0.4) is 0 Å². The number of hydrogen-bond donors (Lipinski definition) is 1. The van der Waals surface area contributed by atoms with Crippen molar-refractivity contribution < 1.29 is 0 Å². The molecule has 1 aliphatic rings. The smallest absolute Gasteiger partial charge is 0.0271 e. The molecule has 4 heteroatoms. The molecule has 2 atom stereocenters. The normalized spacial score (nSPS) is 25.6. The molecule has 1 saturated heterocycles. The van der Waals surface area contributed by atoms with Crippen LogP contribution in [0.25, 0.3) is 0 Å². The Balaban J connectivity index is 1.88. The average molecular weight is 234 g/mol. The van der Waals surface area contributed by atoms with Crippen LogP contribution in [-0.4, -0.2) is 54.6 Å². The van der Waals surface area contributed by atoms with Gasteiger partial charge in [0.05, 0.1) is 0 Å². The van der Waals surface area contributed by atoms with Crippen molar-refractivity contribution in [1.82, 2.24) is 14.8 Å². The van der Waals surface area contributed by atoms with Crippen LogP contribution >= 0.6 is 0 Å². The summed E-state index contributed by atoms with van der Waals surface area (Å²) in [5.74, 6) is 0.590. The van der Waals surface area contributed by atoms with Crippen LogP contribution < -0.4 is 5.73 Å². The van der Waals surface area contributed by atoms with Crippen molar-refractivity contribution in [2.24, 2.45) is 11.7 Å². The van der Waals surface area contributed by atoms with Crippen molar-refractivity contribution in [1.29, 1.82) is 0 Å². The highest BCUT2D eigenvalue weighted by atomic mass is 15.2. The number of hydrogen-bond acceptors (Lipinski definition) is 4. The SMILES string of the molecule is CN(C)CC1CN(Cc2ccncc2)CC1N. The highest BCUT2D eigenvalue weighted by Crippen LogP contribution is 2.18. The van der Waals surface area contributed by atoms with Gasteiger partial charge in [0.1, 0.15) is 0 Å². The van der Waals surface area contributed by atoms with Gasteiger partial charge in [-0.15, -0.1) is 0 Å². The quantitative estimate of drug-likeness (QED) is 0.819. The number of likely N-dealkylation sites (tertiary alicyclic amines) is 1. The minimum atomic E-state index is 0.305.